The molecule has 1 rings (SSSR count). The molecule has 0 aliphatic carbocycles. The fourth-order valence-electron chi connectivity index (χ4n) is 1.17. The largest absolute Gasteiger partial charge is 0.575 e. The Morgan fingerprint density at radius 3 is 3.00 bits per heavy atom. The maximum atomic E-state index is 11.5. The Kier molecular flexibility index (Phi) is 5.19. The van der Waals surface area contributed by atoms with Crippen LogP contribution in [0.1, 0.15) is 29.6 Å². The zero-order chi connectivity index (χ0) is 10.2. The minimum absolute atomic E-state index is 0.163. The number of H-pyrrole nitrogens is 1. The van der Waals surface area contributed by atoms with Crippen LogP contribution in [0.4, 0.5) is 0 Å². The van der Waals surface area contributed by atoms with Gasteiger partial charge in [0, 0.05) is 12.5 Å². The first kappa shape index (κ1) is 11.1. The Morgan fingerprint density at radius 1 is 1.50 bits per heavy atom. The lowest BCUT2D eigenvalue weighted by Crippen LogP contribution is -2.06. The molecule has 0 bridgehead atoms. The maximum Gasteiger partial charge on any atom is 0.177 e. The van der Waals surface area contributed by atoms with Crippen LogP contribution in [0.5, 0.6) is 0 Å². The van der Waals surface area contributed by atoms with Crippen LogP contribution in [0.2, 0.25) is 0 Å². The van der Waals surface area contributed by atoms with E-state index in [1.165, 1.54) is 0 Å². The molecule has 0 aliphatic rings. The summed E-state index contributed by atoms with van der Waals surface area (Å²) in [6.45, 7) is 0.621. The molecule has 14 heavy (non-hydrogen) atoms. The van der Waals surface area contributed by atoms with Gasteiger partial charge in [0.15, 0.2) is 18.2 Å². The highest BCUT2D eigenvalue weighted by molar-refractivity contribution is 6.24. The van der Waals surface area contributed by atoms with Gasteiger partial charge >= 0.3 is 0 Å². The van der Waals surface area contributed by atoms with Gasteiger partial charge in [0.05, 0.1) is 5.56 Å². The molecule has 0 amide bonds. The smallest absolute Gasteiger partial charge is 0.177 e. The number of halogens is 1. The summed E-state index contributed by atoms with van der Waals surface area (Å²) in [4.78, 5) is 17.9. The average molecular weight is 213 g/mol. The van der Waals surface area contributed by atoms with Crippen molar-refractivity contribution in [3.63, 3.8) is 0 Å². The molecule has 3 nitrogen and oxygen atoms in total. The lowest BCUT2D eigenvalue weighted by Gasteiger charge is -2.06. The molecule has 1 aromatic rings. The third-order valence-corrected chi connectivity index (χ3v) is 2.09. The molecular formula is C10H13ClN2O. The van der Waals surface area contributed by atoms with E-state index in [1.807, 2.05) is 12.1 Å². The lowest BCUT2D eigenvalue weighted by molar-refractivity contribution is -0.378. The van der Waals surface area contributed by atoms with Gasteiger partial charge in [-0.2, -0.15) is 0 Å². The van der Waals surface area contributed by atoms with Gasteiger partial charge in [-0.25, -0.2) is 4.98 Å². The summed E-state index contributed by atoms with van der Waals surface area (Å²) in [6, 6.07) is 3.63. The van der Waals surface area contributed by atoms with Gasteiger partial charge < -0.3 is 4.84 Å². The molecule has 0 saturated carbocycles. The third kappa shape index (κ3) is 3.85. The molecule has 76 valence electrons. The van der Waals surface area contributed by atoms with E-state index in [1.54, 1.807) is 12.4 Å². The van der Waals surface area contributed by atoms with Crippen molar-refractivity contribution in [2.24, 2.45) is 0 Å². The highest BCUT2D eigenvalue weighted by Gasteiger charge is 2.05. The number of Topliss-reactive ketones (excluding diaryl/α,β-unsaturated/α-hetero) is 1. The van der Waals surface area contributed by atoms with Crippen LogP contribution in [0, 0.1) is 0 Å². The van der Waals surface area contributed by atoms with Gasteiger partial charge in [-0.05, 0) is 12.5 Å². The normalized spacial score (nSPS) is 10.1. The quantitative estimate of drug-likeness (QED) is 0.528. The minimum atomic E-state index is 0.163. The zero-order valence-corrected chi connectivity index (χ0v) is 8.63. The number of hydrogen-bond donors (Lipinski definition) is 0. The summed E-state index contributed by atoms with van der Waals surface area (Å²) in [5, 5.41) is 0. The van der Waals surface area contributed by atoms with Crippen molar-refractivity contribution in [1.82, 2.24) is 0 Å². The number of carbonyl (C=O) groups is 1. The highest BCUT2D eigenvalue weighted by Crippen LogP contribution is 2.06. The maximum absolute atomic E-state index is 11.5. The summed E-state index contributed by atoms with van der Waals surface area (Å²) in [5.74, 6) is 0.163. The van der Waals surface area contributed by atoms with Crippen molar-refractivity contribution in [1.29, 1.82) is 0 Å². The van der Waals surface area contributed by atoms with E-state index >= 15 is 0 Å². The molecule has 1 heterocycles. The summed E-state index contributed by atoms with van der Waals surface area (Å²) in [7, 11) is 0. The number of ketones is 1. The molecule has 0 unspecified atom stereocenters. The second-order valence-electron chi connectivity index (χ2n) is 3.02. The number of nitrogens with one attached hydrogen (secondary N) is 1. The van der Waals surface area contributed by atoms with Crippen LogP contribution in [-0.2, 0) is 0 Å². The van der Waals surface area contributed by atoms with Gasteiger partial charge in [0.1, 0.15) is 0 Å². The van der Waals surface area contributed by atoms with Crippen LogP contribution >= 0.6 is 11.8 Å². The number of hydrogen-bond acceptors (Lipinski definition) is 1. The fraction of sp³-hybridized carbons (Fsp3) is 0.400. The number of aromatic nitrogens is 1. The number of nitrogens with zero attached hydrogens (tertiary/aromatic N) is 1. The Labute approximate surface area is 88.6 Å². The number of carbonyl (C=O) groups excluding carboxylic acids is 1. The topological polar surface area (TPSA) is 45.3 Å². The average Bonchev–Trinajstić information content (AvgIpc) is 2.25. The number of aromatic amines is 1. The molecular weight excluding hydrogens is 200 g/mol. The second-order valence-corrected chi connectivity index (χ2v) is 3.25. The van der Waals surface area contributed by atoms with Crippen molar-refractivity contribution in [2.45, 2.75) is 19.3 Å². The Hall–Kier alpha value is -0.930. The molecule has 4 heteroatoms. The Balaban J connectivity index is 2.29. The van der Waals surface area contributed by atoms with Crippen molar-refractivity contribution in [3.05, 3.63) is 34.9 Å². The lowest BCUT2D eigenvalue weighted by atomic mass is 10.1. The van der Waals surface area contributed by atoms with Gasteiger partial charge in [-0.15, -0.1) is 6.54 Å². The van der Waals surface area contributed by atoms with Crippen LogP contribution < -0.4 is 4.98 Å². The summed E-state index contributed by atoms with van der Waals surface area (Å²) >= 11 is 5.17. The van der Waals surface area contributed by atoms with E-state index < -0.39 is 0 Å². The summed E-state index contributed by atoms with van der Waals surface area (Å²) < 4.78 is 0. The van der Waals surface area contributed by atoms with Crippen molar-refractivity contribution >= 4 is 17.6 Å². The SMILES string of the molecule is O=C(CCCC[N-]Cl)c1ccc[nH+]c1. The molecule has 0 aromatic carbocycles. The summed E-state index contributed by atoms with van der Waals surface area (Å²) in [6.07, 6.45) is 5.76. The first-order chi connectivity index (χ1) is 6.84. The van der Waals surface area contributed by atoms with Gasteiger partial charge in [0.2, 0.25) is 0 Å². The number of unbranched alkanes of at least 4 members (excludes halogenated alkanes) is 1. The minimum Gasteiger partial charge on any atom is -0.575 e. The first-order valence-electron chi connectivity index (χ1n) is 4.61. The predicted octanol–water partition coefficient (Wildman–Crippen LogP) is 2.38. The molecule has 0 saturated heterocycles. The standard InChI is InChI=1S/C10H12ClN2O/c11-13-7-2-1-5-10(14)9-4-3-6-12-8-9/h3-4,6,8H,1-2,5,7H2/q-1/p+1. The number of rotatable bonds is 6. The van der Waals surface area contributed by atoms with Gasteiger partial charge in [-0.1, -0.05) is 6.42 Å². The van der Waals surface area contributed by atoms with E-state index in [2.05, 4.69) is 9.82 Å². The molecule has 0 fully saturated rings. The van der Waals surface area contributed by atoms with Crippen molar-refractivity contribution in [2.75, 3.05) is 6.54 Å². The van der Waals surface area contributed by atoms with Crippen molar-refractivity contribution < 1.29 is 9.78 Å². The van der Waals surface area contributed by atoms with Crippen LogP contribution in [0.15, 0.2) is 24.5 Å². The van der Waals surface area contributed by atoms with E-state index in [0.29, 0.717) is 13.0 Å². The van der Waals surface area contributed by atoms with Gasteiger partial charge in [-0.3, -0.25) is 16.6 Å². The van der Waals surface area contributed by atoms with Crippen LogP contribution in [0.3, 0.4) is 0 Å². The van der Waals surface area contributed by atoms with Crippen LogP contribution in [0.25, 0.3) is 4.84 Å². The van der Waals surface area contributed by atoms with E-state index in [9.17, 15) is 4.79 Å². The summed E-state index contributed by atoms with van der Waals surface area (Å²) in [5.41, 5.74) is 0.732. The van der Waals surface area contributed by atoms with Crippen LogP contribution in [-0.4, -0.2) is 12.3 Å². The molecule has 0 aliphatic heterocycles. The highest BCUT2D eigenvalue weighted by atomic mass is 35.5. The molecule has 0 atom stereocenters. The zero-order valence-electron chi connectivity index (χ0n) is 7.87. The number of pyridine rings is 1. The van der Waals surface area contributed by atoms with E-state index in [0.717, 1.165) is 18.4 Å². The first-order valence-corrected chi connectivity index (χ1v) is 4.95. The van der Waals surface area contributed by atoms with Gasteiger partial charge in [0.25, 0.3) is 0 Å². The Morgan fingerprint density at radius 2 is 2.36 bits per heavy atom. The van der Waals surface area contributed by atoms with Crippen molar-refractivity contribution in [3.8, 4) is 0 Å². The monoisotopic (exact) mass is 212 g/mol. The molecule has 0 radical (unpaired) electrons. The fourth-order valence-corrected chi connectivity index (χ4v) is 1.29. The molecule has 0 spiro atoms. The van der Waals surface area contributed by atoms with E-state index in [4.69, 9.17) is 11.8 Å². The molecule has 1 aromatic heterocycles. The predicted molar refractivity (Wildman–Crippen MR) is 55.3 cm³/mol. The molecule has 1 N–H and O–H groups in total. The van der Waals surface area contributed by atoms with E-state index in [-0.39, 0.29) is 5.78 Å². The Bertz CT molecular complexity index is 277. The third-order valence-electron chi connectivity index (χ3n) is 1.93. The second kappa shape index (κ2) is 6.51.